The molecule has 0 spiro atoms. The third-order valence-electron chi connectivity index (χ3n) is 4.72. The standard InChI is InChI=1S/C20H23ClINO2/c1-12-6-13(8-14(21)7-12)11-23-15-4-5-16-17(9-15)20(25-3)18(22)10-19(16)24-2/h6-8,10,15,23H,4-5,9,11H2,1-3H3. The molecule has 0 aliphatic heterocycles. The Balaban J connectivity index is 1.77. The van der Waals surface area contributed by atoms with Gasteiger partial charge in [-0.2, -0.15) is 0 Å². The maximum absolute atomic E-state index is 6.17. The molecule has 1 N–H and O–H groups in total. The number of fused-ring (bicyclic) bond motifs is 1. The average Bonchev–Trinajstić information content (AvgIpc) is 2.58. The van der Waals surface area contributed by atoms with Gasteiger partial charge in [0.15, 0.2) is 0 Å². The van der Waals surface area contributed by atoms with Crippen molar-refractivity contribution in [3.05, 3.63) is 55.1 Å². The lowest BCUT2D eigenvalue weighted by Crippen LogP contribution is -2.34. The molecule has 0 radical (unpaired) electrons. The monoisotopic (exact) mass is 471 g/mol. The fourth-order valence-corrected chi connectivity index (χ4v) is 4.75. The number of hydrogen-bond donors (Lipinski definition) is 1. The molecule has 0 amide bonds. The highest BCUT2D eigenvalue weighted by Gasteiger charge is 2.26. The average molecular weight is 472 g/mol. The molecule has 2 aromatic carbocycles. The number of methoxy groups -OCH3 is 2. The van der Waals surface area contributed by atoms with Crippen molar-refractivity contribution in [2.24, 2.45) is 0 Å². The van der Waals surface area contributed by atoms with Crippen LogP contribution in [0.5, 0.6) is 11.5 Å². The molecule has 25 heavy (non-hydrogen) atoms. The van der Waals surface area contributed by atoms with Crippen molar-refractivity contribution in [3.8, 4) is 11.5 Å². The van der Waals surface area contributed by atoms with Crippen LogP contribution in [0.3, 0.4) is 0 Å². The van der Waals surface area contributed by atoms with Crippen LogP contribution in [-0.2, 0) is 19.4 Å². The largest absolute Gasteiger partial charge is 0.496 e. The molecule has 3 nitrogen and oxygen atoms in total. The highest BCUT2D eigenvalue weighted by molar-refractivity contribution is 14.1. The van der Waals surface area contributed by atoms with E-state index in [0.29, 0.717) is 6.04 Å². The molecule has 0 saturated carbocycles. The summed E-state index contributed by atoms with van der Waals surface area (Å²) in [5, 5.41) is 4.48. The molecule has 0 saturated heterocycles. The maximum atomic E-state index is 6.17. The lowest BCUT2D eigenvalue weighted by atomic mass is 9.86. The predicted molar refractivity (Wildman–Crippen MR) is 111 cm³/mol. The summed E-state index contributed by atoms with van der Waals surface area (Å²) in [7, 11) is 3.49. The van der Waals surface area contributed by atoms with Gasteiger partial charge in [-0.1, -0.05) is 17.7 Å². The predicted octanol–water partition coefficient (Wildman–Crippen LogP) is 4.92. The normalized spacial score (nSPS) is 16.4. The maximum Gasteiger partial charge on any atom is 0.135 e. The zero-order valence-corrected chi connectivity index (χ0v) is 17.7. The van der Waals surface area contributed by atoms with E-state index in [1.54, 1.807) is 14.2 Å². The second-order valence-corrected chi connectivity index (χ2v) is 8.11. The van der Waals surface area contributed by atoms with Gasteiger partial charge >= 0.3 is 0 Å². The van der Waals surface area contributed by atoms with Crippen LogP contribution in [0.15, 0.2) is 24.3 Å². The Morgan fingerprint density at radius 3 is 2.64 bits per heavy atom. The summed E-state index contributed by atoms with van der Waals surface area (Å²) in [6, 6.07) is 8.69. The Kier molecular flexibility index (Phi) is 6.12. The minimum atomic E-state index is 0.420. The van der Waals surface area contributed by atoms with Gasteiger partial charge < -0.3 is 14.8 Å². The molecule has 5 heteroatoms. The Morgan fingerprint density at radius 2 is 1.96 bits per heavy atom. The highest BCUT2D eigenvalue weighted by atomic mass is 127. The van der Waals surface area contributed by atoms with Gasteiger partial charge in [0.05, 0.1) is 17.8 Å². The van der Waals surface area contributed by atoms with Gasteiger partial charge in [0.25, 0.3) is 0 Å². The minimum Gasteiger partial charge on any atom is -0.496 e. The molecule has 0 bridgehead atoms. The Hall–Kier alpha value is -0.980. The van der Waals surface area contributed by atoms with Crippen LogP contribution in [0.2, 0.25) is 5.02 Å². The van der Waals surface area contributed by atoms with E-state index in [9.17, 15) is 0 Å². The van der Waals surface area contributed by atoms with Crippen LogP contribution in [-0.4, -0.2) is 20.3 Å². The van der Waals surface area contributed by atoms with Crippen molar-refractivity contribution >= 4 is 34.2 Å². The van der Waals surface area contributed by atoms with Crippen LogP contribution >= 0.6 is 34.2 Å². The lowest BCUT2D eigenvalue weighted by Gasteiger charge is -2.29. The molecule has 3 rings (SSSR count). The molecule has 1 unspecified atom stereocenters. The van der Waals surface area contributed by atoms with E-state index in [1.807, 2.05) is 12.1 Å². The first-order valence-corrected chi connectivity index (χ1v) is 9.89. The van der Waals surface area contributed by atoms with Gasteiger partial charge in [0.2, 0.25) is 0 Å². The van der Waals surface area contributed by atoms with Crippen molar-refractivity contribution in [1.29, 1.82) is 0 Å². The van der Waals surface area contributed by atoms with Crippen molar-refractivity contribution in [2.75, 3.05) is 14.2 Å². The van der Waals surface area contributed by atoms with Crippen LogP contribution < -0.4 is 14.8 Å². The minimum absolute atomic E-state index is 0.420. The van der Waals surface area contributed by atoms with Gasteiger partial charge in [-0.05, 0) is 78.1 Å². The van der Waals surface area contributed by atoms with E-state index < -0.39 is 0 Å². The van der Waals surface area contributed by atoms with Crippen LogP contribution in [0.25, 0.3) is 0 Å². The molecule has 1 aliphatic carbocycles. The smallest absolute Gasteiger partial charge is 0.135 e. The SMILES string of the molecule is COc1cc(I)c(OC)c2c1CCC(NCc1cc(C)cc(Cl)c1)C2. The summed E-state index contributed by atoms with van der Waals surface area (Å²) in [4.78, 5) is 0. The number of ether oxygens (including phenoxy) is 2. The quantitative estimate of drug-likeness (QED) is 0.628. The summed E-state index contributed by atoms with van der Waals surface area (Å²) >= 11 is 8.49. The molecule has 1 atom stereocenters. The number of hydrogen-bond acceptors (Lipinski definition) is 3. The van der Waals surface area contributed by atoms with Crippen LogP contribution in [0.4, 0.5) is 0 Å². The number of halogens is 2. The van der Waals surface area contributed by atoms with Gasteiger partial charge in [0.1, 0.15) is 11.5 Å². The van der Waals surface area contributed by atoms with Crippen molar-refractivity contribution < 1.29 is 9.47 Å². The molecule has 134 valence electrons. The topological polar surface area (TPSA) is 30.5 Å². The fourth-order valence-electron chi connectivity index (χ4n) is 3.61. The summed E-state index contributed by atoms with van der Waals surface area (Å²) in [5.74, 6) is 1.96. The Labute approximate surface area is 168 Å². The highest BCUT2D eigenvalue weighted by Crippen LogP contribution is 2.39. The molecule has 0 heterocycles. The number of aryl methyl sites for hydroxylation is 1. The molecule has 1 aliphatic rings. The summed E-state index contributed by atoms with van der Waals surface area (Å²) in [6.45, 7) is 2.90. The zero-order chi connectivity index (χ0) is 18.0. The van der Waals surface area contributed by atoms with Crippen molar-refractivity contribution in [3.63, 3.8) is 0 Å². The van der Waals surface area contributed by atoms with E-state index >= 15 is 0 Å². The summed E-state index contributed by atoms with van der Waals surface area (Å²) in [6.07, 6.45) is 3.04. The van der Waals surface area contributed by atoms with Gasteiger partial charge in [-0.15, -0.1) is 0 Å². The number of rotatable bonds is 5. The van der Waals surface area contributed by atoms with Gasteiger partial charge in [-0.25, -0.2) is 0 Å². The van der Waals surface area contributed by atoms with E-state index in [-0.39, 0.29) is 0 Å². The zero-order valence-electron chi connectivity index (χ0n) is 14.8. The molecule has 0 aromatic heterocycles. The molecule has 0 fully saturated rings. The Morgan fingerprint density at radius 1 is 1.16 bits per heavy atom. The first kappa shape index (κ1) is 18.8. The molecular formula is C20H23ClINO2. The van der Waals surface area contributed by atoms with E-state index in [4.69, 9.17) is 21.1 Å². The molecular weight excluding hydrogens is 449 g/mol. The van der Waals surface area contributed by atoms with E-state index in [1.165, 1.54) is 22.3 Å². The second kappa shape index (κ2) is 8.14. The lowest BCUT2D eigenvalue weighted by molar-refractivity contribution is 0.373. The number of nitrogens with one attached hydrogen (secondary N) is 1. The summed E-state index contributed by atoms with van der Waals surface area (Å²) < 4.78 is 12.4. The van der Waals surface area contributed by atoms with Crippen LogP contribution in [0.1, 0.15) is 28.7 Å². The van der Waals surface area contributed by atoms with E-state index in [0.717, 1.165) is 45.9 Å². The fraction of sp³-hybridized carbons (Fsp3) is 0.400. The van der Waals surface area contributed by atoms with Gasteiger partial charge in [0, 0.05) is 28.7 Å². The first-order valence-electron chi connectivity index (χ1n) is 8.43. The van der Waals surface area contributed by atoms with Crippen molar-refractivity contribution in [1.82, 2.24) is 5.32 Å². The summed E-state index contributed by atoms with van der Waals surface area (Å²) in [5.41, 5.74) is 4.98. The second-order valence-electron chi connectivity index (χ2n) is 6.51. The Bertz CT molecular complexity index is 759. The van der Waals surface area contributed by atoms with E-state index in [2.05, 4.69) is 47.0 Å². The molecule has 2 aromatic rings. The number of benzene rings is 2. The van der Waals surface area contributed by atoms with Gasteiger partial charge in [-0.3, -0.25) is 0 Å². The third kappa shape index (κ3) is 4.23. The van der Waals surface area contributed by atoms with Crippen molar-refractivity contribution in [2.45, 2.75) is 38.8 Å². The van der Waals surface area contributed by atoms with Crippen LogP contribution in [0, 0.1) is 10.5 Å². The third-order valence-corrected chi connectivity index (χ3v) is 5.74. The first-order chi connectivity index (χ1) is 12.0.